The van der Waals surface area contributed by atoms with Gasteiger partial charge in [-0.25, -0.2) is 8.42 Å². The smallest absolute Gasteiger partial charge is 0.175 e. The van der Waals surface area contributed by atoms with Gasteiger partial charge in [0.25, 0.3) is 0 Å². The number of benzene rings is 1. The van der Waals surface area contributed by atoms with Gasteiger partial charge in [-0.2, -0.15) is 0 Å². The minimum Gasteiger partial charge on any atom is -0.483 e. The average molecular weight is 325 g/mol. The Morgan fingerprint density at radius 3 is 2.62 bits per heavy atom. The zero-order chi connectivity index (χ0) is 15.5. The molecule has 0 amide bonds. The van der Waals surface area contributed by atoms with Gasteiger partial charge in [0.15, 0.2) is 9.84 Å². The highest BCUT2D eigenvalue weighted by Crippen LogP contribution is 2.29. The van der Waals surface area contributed by atoms with Gasteiger partial charge in [-0.15, -0.1) is 11.3 Å². The molecule has 2 atom stereocenters. The molecule has 114 valence electrons. The number of nitrogens with two attached hydrogens (primary N) is 1. The van der Waals surface area contributed by atoms with Crippen LogP contribution in [0.5, 0.6) is 5.75 Å². The highest BCUT2D eigenvalue weighted by atomic mass is 32.2. The topological polar surface area (TPSA) is 69.4 Å². The van der Waals surface area contributed by atoms with Crippen molar-refractivity contribution in [2.75, 3.05) is 6.26 Å². The summed E-state index contributed by atoms with van der Waals surface area (Å²) in [6.07, 6.45) is 1.68. The largest absolute Gasteiger partial charge is 0.483 e. The first-order chi connectivity index (χ1) is 9.91. The molecule has 0 bridgehead atoms. The molecule has 1 heterocycles. The second kappa shape index (κ2) is 6.60. The number of hydrogen-bond acceptors (Lipinski definition) is 5. The van der Waals surface area contributed by atoms with E-state index in [9.17, 15) is 8.42 Å². The van der Waals surface area contributed by atoms with Crippen LogP contribution in [0, 0.1) is 0 Å². The molecule has 2 N–H and O–H groups in total. The summed E-state index contributed by atoms with van der Waals surface area (Å²) in [4.78, 5) is 1.28. The first-order valence-electron chi connectivity index (χ1n) is 6.67. The minimum absolute atomic E-state index is 0.148. The molecular formula is C15H19NO3S2. The molecule has 0 saturated carbocycles. The predicted octanol–water partition coefficient (Wildman–Crippen LogP) is 3.01. The lowest BCUT2D eigenvalue weighted by Crippen LogP contribution is -2.30. The molecular weight excluding hydrogens is 306 g/mol. The number of rotatable bonds is 6. The zero-order valence-corrected chi connectivity index (χ0v) is 13.7. The van der Waals surface area contributed by atoms with E-state index in [1.807, 2.05) is 24.4 Å². The highest BCUT2D eigenvalue weighted by molar-refractivity contribution is 7.90. The third kappa shape index (κ3) is 4.06. The Balaban J connectivity index is 2.29. The summed E-state index contributed by atoms with van der Waals surface area (Å²) >= 11 is 1.58. The number of ether oxygens (including phenoxy) is 1. The van der Waals surface area contributed by atoms with E-state index in [1.165, 1.54) is 6.26 Å². The molecule has 0 saturated heterocycles. The van der Waals surface area contributed by atoms with Gasteiger partial charge in [-0.1, -0.05) is 19.1 Å². The molecule has 0 aliphatic heterocycles. The van der Waals surface area contributed by atoms with Crippen molar-refractivity contribution in [2.45, 2.75) is 30.4 Å². The standard InChI is InChI=1S/C15H19NO3S2/c1-3-13(16)15(14-8-5-9-20-14)19-11-6-4-7-12(10-11)21(2,17)18/h4-10,13,15H,3,16H2,1-2H3. The van der Waals surface area contributed by atoms with Crippen LogP contribution in [0.2, 0.25) is 0 Å². The summed E-state index contributed by atoms with van der Waals surface area (Å²) in [6, 6.07) is 10.3. The van der Waals surface area contributed by atoms with Crippen molar-refractivity contribution in [3.63, 3.8) is 0 Å². The fraction of sp³-hybridized carbons (Fsp3) is 0.333. The molecule has 1 aromatic heterocycles. The van der Waals surface area contributed by atoms with Crippen LogP contribution in [-0.4, -0.2) is 20.7 Å². The molecule has 0 aliphatic rings. The van der Waals surface area contributed by atoms with Crippen molar-refractivity contribution in [3.8, 4) is 5.75 Å². The molecule has 2 aromatic rings. The van der Waals surface area contributed by atoms with Crippen LogP contribution in [0.4, 0.5) is 0 Å². The lowest BCUT2D eigenvalue weighted by Gasteiger charge is -2.23. The van der Waals surface area contributed by atoms with Crippen LogP contribution < -0.4 is 10.5 Å². The van der Waals surface area contributed by atoms with E-state index < -0.39 is 9.84 Å². The third-order valence-electron chi connectivity index (χ3n) is 3.18. The van der Waals surface area contributed by atoms with Crippen LogP contribution in [0.15, 0.2) is 46.7 Å². The van der Waals surface area contributed by atoms with Gasteiger partial charge in [0, 0.05) is 17.2 Å². The molecule has 4 nitrogen and oxygen atoms in total. The lowest BCUT2D eigenvalue weighted by molar-refractivity contribution is 0.174. The number of hydrogen-bond donors (Lipinski definition) is 1. The molecule has 2 unspecified atom stereocenters. The van der Waals surface area contributed by atoms with Crippen molar-refractivity contribution >= 4 is 21.2 Å². The van der Waals surface area contributed by atoms with Gasteiger partial charge in [0.1, 0.15) is 11.9 Å². The maximum Gasteiger partial charge on any atom is 0.175 e. The molecule has 21 heavy (non-hydrogen) atoms. The molecule has 0 fully saturated rings. The van der Waals surface area contributed by atoms with Gasteiger partial charge in [-0.3, -0.25) is 0 Å². The van der Waals surface area contributed by atoms with Gasteiger partial charge < -0.3 is 10.5 Å². The Kier molecular flexibility index (Phi) is 5.03. The van der Waals surface area contributed by atoms with Gasteiger partial charge in [0.2, 0.25) is 0 Å². The van der Waals surface area contributed by atoms with E-state index in [2.05, 4.69) is 0 Å². The Morgan fingerprint density at radius 1 is 1.29 bits per heavy atom. The minimum atomic E-state index is -3.25. The predicted molar refractivity (Wildman–Crippen MR) is 85.5 cm³/mol. The Morgan fingerprint density at radius 2 is 2.05 bits per heavy atom. The van der Waals surface area contributed by atoms with Gasteiger partial charge in [-0.05, 0) is 36.1 Å². The van der Waals surface area contributed by atoms with E-state index in [0.29, 0.717) is 5.75 Å². The normalized spacial score (nSPS) is 14.6. The number of thiophene rings is 1. The molecule has 2 rings (SSSR count). The van der Waals surface area contributed by atoms with Crippen molar-refractivity contribution in [2.24, 2.45) is 5.73 Å². The lowest BCUT2D eigenvalue weighted by atomic mass is 10.1. The monoisotopic (exact) mass is 325 g/mol. The van der Waals surface area contributed by atoms with Crippen molar-refractivity contribution in [1.82, 2.24) is 0 Å². The molecule has 6 heteroatoms. The zero-order valence-electron chi connectivity index (χ0n) is 12.0. The van der Waals surface area contributed by atoms with Gasteiger partial charge in [0.05, 0.1) is 4.90 Å². The van der Waals surface area contributed by atoms with Crippen LogP contribution in [-0.2, 0) is 9.84 Å². The van der Waals surface area contributed by atoms with Gasteiger partial charge >= 0.3 is 0 Å². The fourth-order valence-electron chi connectivity index (χ4n) is 1.95. The second-order valence-electron chi connectivity index (χ2n) is 4.87. The van der Waals surface area contributed by atoms with E-state index in [1.54, 1.807) is 35.6 Å². The second-order valence-corrected chi connectivity index (χ2v) is 7.87. The first kappa shape index (κ1) is 16.0. The highest BCUT2D eigenvalue weighted by Gasteiger charge is 2.22. The maximum atomic E-state index is 11.6. The average Bonchev–Trinajstić information content (AvgIpc) is 2.97. The van der Waals surface area contributed by atoms with E-state index in [-0.39, 0.29) is 17.0 Å². The summed E-state index contributed by atoms with van der Waals surface area (Å²) in [5, 5.41) is 1.97. The summed E-state index contributed by atoms with van der Waals surface area (Å²) in [5.74, 6) is 0.514. The third-order valence-corrected chi connectivity index (χ3v) is 5.22. The van der Waals surface area contributed by atoms with Crippen LogP contribution in [0.1, 0.15) is 24.3 Å². The molecule has 1 aromatic carbocycles. The van der Waals surface area contributed by atoms with Crippen molar-refractivity contribution in [1.29, 1.82) is 0 Å². The fourth-order valence-corrected chi connectivity index (χ4v) is 3.43. The Bertz CT molecular complexity index is 681. The SMILES string of the molecule is CCC(N)C(Oc1cccc(S(C)(=O)=O)c1)c1cccs1. The van der Waals surface area contributed by atoms with Crippen LogP contribution >= 0.6 is 11.3 Å². The molecule has 0 aliphatic carbocycles. The Labute approximate surface area is 129 Å². The quantitative estimate of drug-likeness (QED) is 0.886. The van der Waals surface area contributed by atoms with Crippen molar-refractivity contribution < 1.29 is 13.2 Å². The van der Waals surface area contributed by atoms with Crippen LogP contribution in [0.25, 0.3) is 0 Å². The summed E-state index contributed by atoms with van der Waals surface area (Å²) in [7, 11) is -3.25. The summed E-state index contributed by atoms with van der Waals surface area (Å²) in [6.45, 7) is 2.00. The first-order valence-corrected chi connectivity index (χ1v) is 9.44. The van der Waals surface area contributed by atoms with Crippen LogP contribution in [0.3, 0.4) is 0 Å². The number of sulfone groups is 1. The summed E-state index contributed by atoms with van der Waals surface area (Å²) < 4.78 is 29.2. The summed E-state index contributed by atoms with van der Waals surface area (Å²) in [5.41, 5.74) is 6.14. The molecule has 0 spiro atoms. The Hall–Kier alpha value is -1.37. The van der Waals surface area contributed by atoms with E-state index >= 15 is 0 Å². The maximum absolute atomic E-state index is 11.6. The van der Waals surface area contributed by atoms with E-state index in [0.717, 1.165) is 11.3 Å². The van der Waals surface area contributed by atoms with Crippen molar-refractivity contribution in [3.05, 3.63) is 46.7 Å². The van der Waals surface area contributed by atoms with E-state index in [4.69, 9.17) is 10.5 Å². The molecule has 0 radical (unpaired) electrons.